The Hall–Kier alpha value is -0.570. The Balaban J connectivity index is 3.71. The van der Waals surface area contributed by atoms with Gasteiger partial charge in [0.1, 0.15) is 0 Å². The topological polar surface area (TPSA) is 63.3 Å². The molecule has 0 amide bonds. The molecule has 0 aliphatic heterocycles. The Morgan fingerprint density at radius 1 is 1.64 bits per heavy atom. The minimum Gasteiger partial charge on any atom is -0.481 e. The smallest absolute Gasteiger partial charge is 0.306 e. The summed E-state index contributed by atoms with van der Waals surface area (Å²) in [6, 6.07) is 0. The van der Waals surface area contributed by atoms with E-state index < -0.39 is 5.97 Å². The second kappa shape index (κ2) is 5.13. The van der Waals surface area contributed by atoms with E-state index in [0.29, 0.717) is 18.9 Å². The fourth-order valence-corrected chi connectivity index (χ4v) is 1.03. The summed E-state index contributed by atoms with van der Waals surface area (Å²) in [4.78, 5) is 10.4. The summed E-state index contributed by atoms with van der Waals surface area (Å²) in [6.45, 7) is 4.35. The predicted octanol–water partition coefficient (Wildman–Crippen LogP) is 1.08. The zero-order chi connectivity index (χ0) is 8.85. The molecule has 0 bridgehead atoms. The lowest BCUT2D eigenvalue weighted by molar-refractivity contribution is -0.141. The zero-order valence-corrected chi connectivity index (χ0v) is 7.21. The van der Waals surface area contributed by atoms with Gasteiger partial charge in [0.25, 0.3) is 0 Å². The molecule has 3 N–H and O–H groups in total. The first-order valence-corrected chi connectivity index (χ1v) is 4.04. The second-order valence-electron chi connectivity index (χ2n) is 2.98. The number of nitrogens with two attached hydrogens (primary N) is 1. The van der Waals surface area contributed by atoms with Crippen molar-refractivity contribution in [1.29, 1.82) is 0 Å². The van der Waals surface area contributed by atoms with Gasteiger partial charge in [0.05, 0.1) is 5.92 Å². The fraction of sp³-hybridized carbons (Fsp3) is 0.875. The Labute approximate surface area is 67.6 Å². The SMILES string of the molecule is CCC(CN)CC(C)C(=O)O. The molecule has 0 saturated carbocycles. The van der Waals surface area contributed by atoms with Crippen molar-refractivity contribution in [3.05, 3.63) is 0 Å². The lowest BCUT2D eigenvalue weighted by Gasteiger charge is -2.14. The van der Waals surface area contributed by atoms with Gasteiger partial charge in [-0.15, -0.1) is 0 Å². The molecule has 0 radical (unpaired) electrons. The normalized spacial score (nSPS) is 15.9. The van der Waals surface area contributed by atoms with Crippen LogP contribution in [0.25, 0.3) is 0 Å². The fourth-order valence-electron chi connectivity index (χ4n) is 1.03. The third kappa shape index (κ3) is 3.98. The van der Waals surface area contributed by atoms with Crippen molar-refractivity contribution in [2.24, 2.45) is 17.6 Å². The summed E-state index contributed by atoms with van der Waals surface area (Å²) < 4.78 is 0. The van der Waals surface area contributed by atoms with E-state index in [1.165, 1.54) is 0 Å². The molecule has 0 aliphatic rings. The molecule has 66 valence electrons. The summed E-state index contributed by atoms with van der Waals surface area (Å²) in [5.74, 6) is -0.624. The summed E-state index contributed by atoms with van der Waals surface area (Å²) >= 11 is 0. The molecule has 0 aromatic rings. The quantitative estimate of drug-likeness (QED) is 0.631. The molecule has 2 atom stereocenters. The van der Waals surface area contributed by atoms with Crippen LogP contribution in [-0.4, -0.2) is 17.6 Å². The molecule has 11 heavy (non-hydrogen) atoms. The van der Waals surface area contributed by atoms with Crippen molar-refractivity contribution < 1.29 is 9.90 Å². The Morgan fingerprint density at radius 3 is 2.45 bits per heavy atom. The molecule has 3 heteroatoms. The van der Waals surface area contributed by atoms with Crippen molar-refractivity contribution in [2.45, 2.75) is 26.7 Å². The molecule has 2 unspecified atom stereocenters. The predicted molar refractivity (Wildman–Crippen MR) is 44.3 cm³/mol. The maximum atomic E-state index is 10.4. The van der Waals surface area contributed by atoms with Crippen LogP contribution < -0.4 is 5.73 Å². The van der Waals surface area contributed by atoms with Crippen molar-refractivity contribution in [2.75, 3.05) is 6.54 Å². The first-order valence-electron chi connectivity index (χ1n) is 4.04. The lowest BCUT2D eigenvalue weighted by Crippen LogP contribution is -2.20. The summed E-state index contributed by atoms with van der Waals surface area (Å²) in [5, 5.41) is 8.58. The molecule has 0 saturated heterocycles. The number of hydrogen-bond donors (Lipinski definition) is 2. The van der Waals surface area contributed by atoms with Crippen molar-refractivity contribution in [1.82, 2.24) is 0 Å². The summed E-state index contributed by atoms with van der Waals surface area (Å²) in [7, 11) is 0. The van der Waals surface area contributed by atoms with Crippen LogP contribution in [0.4, 0.5) is 0 Å². The third-order valence-electron chi connectivity index (χ3n) is 2.02. The molecular weight excluding hydrogens is 142 g/mol. The van der Waals surface area contributed by atoms with Crippen LogP contribution in [-0.2, 0) is 4.79 Å². The Kier molecular flexibility index (Phi) is 4.86. The highest BCUT2D eigenvalue weighted by Crippen LogP contribution is 2.13. The molecule has 3 nitrogen and oxygen atoms in total. The number of carboxylic acids is 1. The average Bonchev–Trinajstić information content (AvgIpc) is 1.99. The molecule has 0 aromatic carbocycles. The molecule has 0 fully saturated rings. The van der Waals surface area contributed by atoms with Gasteiger partial charge in [-0.05, 0) is 18.9 Å². The van der Waals surface area contributed by atoms with E-state index in [2.05, 4.69) is 0 Å². The van der Waals surface area contributed by atoms with Gasteiger partial charge in [-0.25, -0.2) is 0 Å². The van der Waals surface area contributed by atoms with Crippen molar-refractivity contribution in [3.63, 3.8) is 0 Å². The lowest BCUT2D eigenvalue weighted by atomic mass is 9.94. The van der Waals surface area contributed by atoms with Crippen molar-refractivity contribution >= 4 is 5.97 Å². The Bertz CT molecular complexity index is 121. The highest BCUT2D eigenvalue weighted by atomic mass is 16.4. The van der Waals surface area contributed by atoms with Crippen LogP contribution in [0.2, 0.25) is 0 Å². The van der Waals surface area contributed by atoms with E-state index in [4.69, 9.17) is 10.8 Å². The van der Waals surface area contributed by atoms with Crippen LogP contribution in [0.5, 0.6) is 0 Å². The molecular formula is C8H17NO2. The molecule has 0 aliphatic carbocycles. The first kappa shape index (κ1) is 10.4. The van der Waals surface area contributed by atoms with Crippen LogP contribution in [0.3, 0.4) is 0 Å². The maximum absolute atomic E-state index is 10.4. The highest BCUT2D eigenvalue weighted by molar-refractivity contribution is 5.69. The highest BCUT2D eigenvalue weighted by Gasteiger charge is 2.15. The minimum absolute atomic E-state index is 0.261. The van der Waals surface area contributed by atoms with Gasteiger partial charge in [-0.1, -0.05) is 20.3 Å². The number of aliphatic carboxylic acids is 1. The average molecular weight is 159 g/mol. The number of carbonyl (C=O) groups is 1. The van der Waals surface area contributed by atoms with Gasteiger partial charge >= 0.3 is 5.97 Å². The first-order chi connectivity index (χ1) is 5.11. The molecule has 0 rings (SSSR count). The van der Waals surface area contributed by atoms with Gasteiger partial charge in [0, 0.05) is 0 Å². The van der Waals surface area contributed by atoms with Gasteiger partial charge < -0.3 is 10.8 Å². The monoisotopic (exact) mass is 159 g/mol. The second-order valence-corrected chi connectivity index (χ2v) is 2.98. The van der Waals surface area contributed by atoms with Crippen LogP contribution in [0.1, 0.15) is 26.7 Å². The minimum atomic E-state index is -0.725. The van der Waals surface area contributed by atoms with Crippen LogP contribution in [0.15, 0.2) is 0 Å². The van der Waals surface area contributed by atoms with Crippen molar-refractivity contribution in [3.8, 4) is 0 Å². The van der Waals surface area contributed by atoms with Gasteiger partial charge in [0.15, 0.2) is 0 Å². The molecule has 0 spiro atoms. The van der Waals surface area contributed by atoms with E-state index in [1.807, 2.05) is 6.92 Å². The van der Waals surface area contributed by atoms with Crippen LogP contribution in [0, 0.1) is 11.8 Å². The number of hydrogen-bond acceptors (Lipinski definition) is 2. The number of rotatable bonds is 5. The van der Waals surface area contributed by atoms with Crippen LogP contribution >= 0.6 is 0 Å². The summed E-state index contributed by atoms with van der Waals surface area (Å²) in [5.41, 5.74) is 5.44. The zero-order valence-electron chi connectivity index (χ0n) is 7.21. The van der Waals surface area contributed by atoms with E-state index in [1.54, 1.807) is 6.92 Å². The van der Waals surface area contributed by atoms with E-state index in [9.17, 15) is 4.79 Å². The Morgan fingerprint density at radius 2 is 2.18 bits per heavy atom. The van der Waals surface area contributed by atoms with Gasteiger partial charge in [-0.2, -0.15) is 0 Å². The van der Waals surface area contributed by atoms with Gasteiger partial charge in [-0.3, -0.25) is 4.79 Å². The van der Waals surface area contributed by atoms with Gasteiger partial charge in [0.2, 0.25) is 0 Å². The third-order valence-corrected chi connectivity index (χ3v) is 2.02. The van der Waals surface area contributed by atoms with E-state index in [0.717, 1.165) is 6.42 Å². The maximum Gasteiger partial charge on any atom is 0.306 e. The molecule has 0 aromatic heterocycles. The largest absolute Gasteiger partial charge is 0.481 e. The summed E-state index contributed by atoms with van der Waals surface area (Å²) in [6.07, 6.45) is 1.66. The van der Waals surface area contributed by atoms with E-state index in [-0.39, 0.29) is 5.92 Å². The standard InChI is InChI=1S/C8H17NO2/c1-3-7(5-9)4-6(2)8(10)11/h6-7H,3-5,9H2,1-2H3,(H,10,11). The van der Waals surface area contributed by atoms with E-state index >= 15 is 0 Å². The number of carboxylic acid groups (broad SMARTS) is 1. The molecule has 0 heterocycles.